The molecule has 80 valence electrons. The second-order valence-electron chi connectivity index (χ2n) is 4.21. The molecule has 0 bridgehead atoms. The Balaban J connectivity index is 3.03. The van der Waals surface area contributed by atoms with Crippen LogP contribution in [0.5, 0.6) is 0 Å². The van der Waals surface area contributed by atoms with Crippen molar-refractivity contribution in [2.45, 2.75) is 71.6 Å². The minimum Gasteiger partial charge on any atom is -0.340 e. The van der Waals surface area contributed by atoms with Crippen LogP contribution in [-0.4, -0.2) is 0 Å². The Hall–Kier alpha value is 0. The molecule has 0 heteroatoms. The van der Waals surface area contributed by atoms with Gasteiger partial charge in [-0.15, -0.1) is 0 Å². The van der Waals surface area contributed by atoms with Gasteiger partial charge in [-0.3, -0.25) is 0 Å². The molecule has 0 aliphatic carbocycles. The fourth-order valence-electron chi connectivity index (χ4n) is 1.67. The van der Waals surface area contributed by atoms with Crippen LogP contribution in [-0.2, 0) is 0 Å². The van der Waals surface area contributed by atoms with Gasteiger partial charge in [0.2, 0.25) is 0 Å². The highest BCUT2D eigenvalue weighted by Gasteiger charge is 1.95. The van der Waals surface area contributed by atoms with Gasteiger partial charge < -0.3 is 6.92 Å². The summed E-state index contributed by atoms with van der Waals surface area (Å²) in [4.78, 5) is 0. The molecule has 0 aliphatic rings. The molecule has 0 saturated heterocycles. The first-order chi connectivity index (χ1) is 6.31. The van der Waals surface area contributed by atoms with E-state index in [4.69, 9.17) is 0 Å². The smallest absolute Gasteiger partial charge is 0.0533 e. The minimum absolute atomic E-state index is 0.724. The molecule has 0 N–H and O–H groups in total. The summed E-state index contributed by atoms with van der Waals surface area (Å²) in [6.45, 7) is 8.72. The van der Waals surface area contributed by atoms with Crippen LogP contribution in [0.3, 0.4) is 0 Å². The van der Waals surface area contributed by atoms with Crippen LogP contribution in [0.2, 0.25) is 0 Å². The molecule has 0 aromatic carbocycles. The molecule has 0 rings (SSSR count). The second kappa shape index (κ2) is 10.1. The van der Waals surface area contributed by atoms with Gasteiger partial charge in [0.1, 0.15) is 0 Å². The summed E-state index contributed by atoms with van der Waals surface area (Å²) < 4.78 is 0. The lowest BCUT2D eigenvalue weighted by Gasteiger charge is -2.16. The number of hydrogen-bond donors (Lipinski definition) is 0. The molecule has 0 aliphatic heterocycles. The molecule has 0 heterocycles. The lowest BCUT2D eigenvalue weighted by molar-refractivity contribution is 0.478. The summed E-state index contributed by atoms with van der Waals surface area (Å²) in [6, 6.07) is 0. The number of unbranched alkanes of at least 4 members (excludes halogenated alkanes) is 5. The molecule has 0 fully saturated rings. The minimum atomic E-state index is 0.724. The van der Waals surface area contributed by atoms with E-state index in [9.17, 15) is 0 Å². The van der Waals surface area contributed by atoms with Crippen molar-refractivity contribution >= 4 is 0 Å². The maximum absolute atomic E-state index is 4.19. The number of rotatable bonds is 9. The van der Waals surface area contributed by atoms with Crippen LogP contribution >= 0.6 is 0 Å². The van der Waals surface area contributed by atoms with E-state index < -0.39 is 0 Å². The first-order valence-corrected chi connectivity index (χ1v) is 6.14. The summed E-state index contributed by atoms with van der Waals surface area (Å²) in [5.41, 5.74) is 0. The molecule has 0 spiro atoms. The Morgan fingerprint density at radius 2 is 1.31 bits per heavy atom. The summed E-state index contributed by atoms with van der Waals surface area (Å²) in [6.07, 6.45) is 12.4. The van der Waals surface area contributed by atoms with E-state index in [2.05, 4.69) is 20.8 Å². The van der Waals surface area contributed by atoms with Crippen molar-refractivity contribution in [3.63, 3.8) is 0 Å². The Morgan fingerprint density at radius 1 is 0.769 bits per heavy atom. The lowest BCUT2D eigenvalue weighted by Crippen LogP contribution is -1.94. The third kappa shape index (κ3) is 9.92. The summed E-state index contributed by atoms with van der Waals surface area (Å²) in [5.74, 6) is 0.724. The SMILES string of the molecule is [CH2-]C(CCCC)CCCCCCC. The molecule has 0 radical (unpaired) electrons. The van der Waals surface area contributed by atoms with Crippen molar-refractivity contribution in [2.24, 2.45) is 5.92 Å². The van der Waals surface area contributed by atoms with Gasteiger partial charge in [-0.05, 0) is 0 Å². The Morgan fingerprint density at radius 3 is 1.92 bits per heavy atom. The van der Waals surface area contributed by atoms with E-state index in [0.29, 0.717) is 0 Å². The molecule has 0 aromatic rings. The van der Waals surface area contributed by atoms with E-state index in [-0.39, 0.29) is 0 Å². The van der Waals surface area contributed by atoms with Gasteiger partial charge in [0.25, 0.3) is 0 Å². The van der Waals surface area contributed by atoms with E-state index >= 15 is 0 Å². The molecule has 1 unspecified atom stereocenters. The van der Waals surface area contributed by atoms with Crippen molar-refractivity contribution < 1.29 is 0 Å². The average Bonchev–Trinajstić information content (AvgIpc) is 2.14. The quantitative estimate of drug-likeness (QED) is 0.349. The van der Waals surface area contributed by atoms with E-state index in [1.807, 2.05) is 0 Å². The number of hydrogen-bond acceptors (Lipinski definition) is 0. The van der Waals surface area contributed by atoms with Gasteiger partial charge in [-0.1, -0.05) is 71.6 Å². The van der Waals surface area contributed by atoms with Crippen LogP contribution in [0.4, 0.5) is 0 Å². The summed E-state index contributed by atoms with van der Waals surface area (Å²) in [5, 5.41) is 0. The summed E-state index contributed by atoms with van der Waals surface area (Å²) in [7, 11) is 0. The third-order valence-electron chi connectivity index (χ3n) is 2.68. The Labute approximate surface area is 85.1 Å². The maximum Gasteiger partial charge on any atom is -0.0533 e. The highest BCUT2D eigenvalue weighted by Crippen LogP contribution is 2.16. The molecule has 1 atom stereocenters. The highest BCUT2D eigenvalue weighted by atomic mass is 14.1. The van der Waals surface area contributed by atoms with Gasteiger partial charge in [-0.25, -0.2) is 0 Å². The molecule has 13 heavy (non-hydrogen) atoms. The first kappa shape index (κ1) is 13.0. The second-order valence-corrected chi connectivity index (χ2v) is 4.21. The van der Waals surface area contributed by atoms with Crippen molar-refractivity contribution in [1.29, 1.82) is 0 Å². The summed E-state index contributed by atoms with van der Waals surface area (Å²) >= 11 is 0. The zero-order valence-corrected chi connectivity index (χ0v) is 9.65. The highest BCUT2D eigenvalue weighted by molar-refractivity contribution is 4.61. The molecule has 0 amide bonds. The molecule has 0 saturated carbocycles. The molecule has 0 aromatic heterocycles. The molecular formula is C13H27-. The first-order valence-electron chi connectivity index (χ1n) is 6.14. The normalized spacial score (nSPS) is 13.2. The molecule has 0 nitrogen and oxygen atoms in total. The Bertz CT molecular complexity index is 86.0. The monoisotopic (exact) mass is 183 g/mol. The van der Waals surface area contributed by atoms with Gasteiger partial charge in [-0.2, -0.15) is 5.92 Å². The van der Waals surface area contributed by atoms with Crippen LogP contribution in [0.15, 0.2) is 0 Å². The predicted molar refractivity (Wildman–Crippen MR) is 61.7 cm³/mol. The maximum atomic E-state index is 4.19. The van der Waals surface area contributed by atoms with Crippen molar-refractivity contribution in [1.82, 2.24) is 0 Å². The third-order valence-corrected chi connectivity index (χ3v) is 2.68. The zero-order chi connectivity index (χ0) is 9.94. The topological polar surface area (TPSA) is 0 Å². The van der Waals surface area contributed by atoms with Gasteiger partial charge in [0.15, 0.2) is 0 Å². The predicted octanol–water partition coefficient (Wildman–Crippen LogP) is 4.99. The van der Waals surface area contributed by atoms with E-state index in [0.717, 1.165) is 5.92 Å². The van der Waals surface area contributed by atoms with Crippen molar-refractivity contribution in [3.05, 3.63) is 6.92 Å². The fourth-order valence-corrected chi connectivity index (χ4v) is 1.67. The van der Waals surface area contributed by atoms with Crippen LogP contribution in [0.1, 0.15) is 71.6 Å². The fraction of sp³-hybridized carbons (Fsp3) is 0.923. The van der Waals surface area contributed by atoms with Crippen LogP contribution < -0.4 is 0 Å². The van der Waals surface area contributed by atoms with Crippen LogP contribution in [0, 0.1) is 12.8 Å². The van der Waals surface area contributed by atoms with Crippen molar-refractivity contribution in [3.8, 4) is 0 Å². The van der Waals surface area contributed by atoms with E-state index in [1.165, 1.54) is 57.8 Å². The standard InChI is InChI=1S/C13H27/c1-4-6-8-9-10-12-13(3)11-7-5-2/h13H,3-12H2,1-2H3/q-1. The average molecular weight is 183 g/mol. The Kier molecular flexibility index (Phi) is 10.1. The van der Waals surface area contributed by atoms with Crippen molar-refractivity contribution in [2.75, 3.05) is 0 Å². The van der Waals surface area contributed by atoms with Gasteiger partial charge in [0.05, 0.1) is 0 Å². The lowest BCUT2D eigenvalue weighted by atomic mass is 9.97. The van der Waals surface area contributed by atoms with Crippen LogP contribution in [0.25, 0.3) is 0 Å². The molecular weight excluding hydrogens is 156 g/mol. The van der Waals surface area contributed by atoms with Gasteiger partial charge in [0, 0.05) is 0 Å². The largest absolute Gasteiger partial charge is 0.340 e. The van der Waals surface area contributed by atoms with Gasteiger partial charge >= 0.3 is 0 Å². The van der Waals surface area contributed by atoms with E-state index in [1.54, 1.807) is 0 Å². The zero-order valence-electron chi connectivity index (χ0n) is 9.65.